The first-order valence-electron chi connectivity index (χ1n) is 4.64. The minimum absolute atomic E-state index is 0.344. The summed E-state index contributed by atoms with van der Waals surface area (Å²) in [6.45, 7) is 2.40. The lowest BCUT2D eigenvalue weighted by Gasteiger charge is -2.12. The summed E-state index contributed by atoms with van der Waals surface area (Å²) in [5.74, 6) is 0. The monoisotopic (exact) mass is 224 g/mol. The number of aliphatic hydroxyl groups excluding tert-OH is 1. The van der Waals surface area contributed by atoms with E-state index in [9.17, 15) is 8.42 Å². The van der Waals surface area contributed by atoms with Gasteiger partial charge in [-0.3, -0.25) is 0 Å². The van der Waals surface area contributed by atoms with Gasteiger partial charge in [0.1, 0.15) is 0 Å². The van der Waals surface area contributed by atoms with Gasteiger partial charge in [0.2, 0.25) is 10.0 Å². The Bertz CT molecular complexity index is 239. The smallest absolute Gasteiger partial charge is 0.216 e. The predicted octanol–water partition coefficient (Wildman–Crippen LogP) is -0.762. The van der Waals surface area contributed by atoms with Crippen molar-refractivity contribution in [1.29, 1.82) is 0 Å². The Kier molecular flexibility index (Phi) is 6.26. The van der Waals surface area contributed by atoms with Crippen molar-refractivity contribution < 1.29 is 13.5 Å². The van der Waals surface area contributed by atoms with Crippen LogP contribution in [0.3, 0.4) is 0 Å². The van der Waals surface area contributed by atoms with Crippen molar-refractivity contribution in [3.05, 3.63) is 0 Å². The zero-order valence-corrected chi connectivity index (χ0v) is 9.84. The van der Waals surface area contributed by atoms with Gasteiger partial charge < -0.3 is 10.0 Å². The van der Waals surface area contributed by atoms with Gasteiger partial charge in [0.25, 0.3) is 0 Å². The summed E-state index contributed by atoms with van der Waals surface area (Å²) in [4.78, 5) is 1.99. The zero-order chi connectivity index (χ0) is 11.2. The summed E-state index contributed by atoms with van der Waals surface area (Å²) in [7, 11) is 0.544. The Morgan fingerprint density at radius 1 is 1.43 bits per heavy atom. The number of sulfonamides is 1. The maximum Gasteiger partial charge on any atom is 0.216 e. The molecule has 1 atom stereocenters. The lowest BCUT2D eigenvalue weighted by Crippen LogP contribution is -2.36. The average molecular weight is 224 g/mol. The van der Waals surface area contributed by atoms with Crippen molar-refractivity contribution in [2.75, 3.05) is 33.8 Å². The third kappa shape index (κ3) is 5.54. The number of nitrogens with one attached hydrogen (secondary N) is 1. The molecule has 86 valence electrons. The molecule has 0 heterocycles. The molecule has 0 saturated heterocycles. The summed E-state index contributed by atoms with van der Waals surface area (Å²) in [6, 6.07) is 0. The van der Waals surface area contributed by atoms with Gasteiger partial charge in [-0.25, -0.2) is 13.1 Å². The second-order valence-electron chi connectivity index (χ2n) is 3.59. The second-order valence-corrected chi connectivity index (χ2v) is 5.77. The first-order chi connectivity index (χ1) is 6.40. The van der Waals surface area contributed by atoms with E-state index >= 15 is 0 Å². The van der Waals surface area contributed by atoms with Gasteiger partial charge in [-0.1, -0.05) is 0 Å². The van der Waals surface area contributed by atoms with Crippen LogP contribution in [0.2, 0.25) is 0 Å². The molecule has 0 aromatic carbocycles. The molecule has 0 aliphatic carbocycles. The van der Waals surface area contributed by atoms with Crippen LogP contribution < -0.4 is 4.72 Å². The summed E-state index contributed by atoms with van der Waals surface area (Å²) < 4.78 is 25.1. The molecule has 0 aromatic heterocycles. The molecule has 0 aliphatic heterocycles. The highest BCUT2D eigenvalue weighted by Gasteiger charge is 2.18. The molecule has 5 nitrogen and oxygen atoms in total. The van der Waals surface area contributed by atoms with Crippen molar-refractivity contribution in [2.24, 2.45) is 0 Å². The van der Waals surface area contributed by atoms with Crippen LogP contribution in [0.25, 0.3) is 0 Å². The maximum absolute atomic E-state index is 11.3. The van der Waals surface area contributed by atoms with Crippen molar-refractivity contribution in [2.45, 2.75) is 18.6 Å². The number of nitrogens with zero attached hydrogens (tertiary/aromatic N) is 1. The maximum atomic E-state index is 11.3. The quantitative estimate of drug-likeness (QED) is 0.558. The number of hydrogen-bond acceptors (Lipinski definition) is 4. The minimum Gasteiger partial charge on any atom is -0.395 e. The molecular weight excluding hydrogens is 204 g/mol. The van der Waals surface area contributed by atoms with E-state index in [0.717, 1.165) is 13.0 Å². The highest BCUT2D eigenvalue weighted by Crippen LogP contribution is 1.96. The Balaban J connectivity index is 3.78. The van der Waals surface area contributed by atoms with Crippen LogP contribution in [0.4, 0.5) is 0 Å². The van der Waals surface area contributed by atoms with E-state index in [2.05, 4.69) is 4.72 Å². The topological polar surface area (TPSA) is 69.6 Å². The van der Waals surface area contributed by atoms with Gasteiger partial charge in [-0.2, -0.15) is 0 Å². The van der Waals surface area contributed by atoms with Crippen LogP contribution in [-0.4, -0.2) is 57.5 Å². The van der Waals surface area contributed by atoms with Gasteiger partial charge in [-0.15, -0.1) is 0 Å². The minimum atomic E-state index is -3.33. The molecule has 0 bridgehead atoms. The zero-order valence-electron chi connectivity index (χ0n) is 9.02. The van der Waals surface area contributed by atoms with E-state index in [1.807, 2.05) is 19.0 Å². The molecule has 0 spiro atoms. The van der Waals surface area contributed by atoms with Crippen LogP contribution in [0.15, 0.2) is 0 Å². The van der Waals surface area contributed by atoms with E-state index in [1.54, 1.807) is 0 Å². The van der Waals surface area contributed by atoms with E-state index in [-0.39, 0.29) is 6.61 Å². The Labute approximate surface area is 86.2 Å². The fraction of sp³-hybridized carbons (Fsp3) is 1.00. The van der Waals surface area contributed by atoms with Crippen molar-refractivity contribution in [3.63, 3.8) is 0 Å². The first-order valence-corrected chi connectivity index (χ1v) is 6.19. The van der Waals surface area contributed by atoms with Gasteiger partial charge in [0.15, 0.2) is 0 Å². The van der Waals surface area contributed by atoms with Crippen molar-refractivity contribution in [3.8, 4) is 0 Å². The Morgan fingerprint density at radius 3 is 2.43 bits per heavy atom. The fourth-order valence-electron chi connectivity index (χ4n) is 0.850. The van der Waals surface area contributed by atoms with Gasteiger partial charge in [0.05, 0.1) is 11.9 Å². The molecular formula is C8H20N2O3S. The molecule has 2 N–H and O–H groups in total. The van der Waals surface area contributed by atoms with Crippen LogP contribution >= 0.6 is 0 Å². The summed E-state index contributed by atoms with van der Waals surface area (Å²) in [5.41, 5.74) is 0. The lowest BCUT2D eigenvalue weighted by atomic mass is 10.4. The van der Waals surface area contributed by atoms with E-state index in [1.165, 1.54) is 6.92 Å². The van der Waals surface area contributed by atoms with Crippen LogP contribution in [0, 0.1) is 0 Å². The van der Waals surface area contributed by atoms with E-state index in [4.69, 9.17) is 5.11 Å². The molecule has 0 aliphatic rings. The van der Waals surface area contributed by atoms with Gasteiger partial charge >= 0.3 is 0 Å². The molecule has 0 saturated carbocycles. The largest absolute Gasteiger partial charge is 0.395 e. The highest BCUT2D eigenvalue weighted by molar-refractivity contribution is 7.90. The Hall–Kier alpha value is -0.170. The van der Waals surface area contributed by atoms with E-state index < -0.39 is 15.3 Å². The molecule has 0 fully saturated rings. The average Bonchev–Trinajstić information content (AvgIpc) is 2.10. The second kappa shape index (κ2) is 6.34. The van der Waals surface area contributed by atoms with Crippen molar-refractivity contribution >= 4 is 10.0 Å². The molecule has 0 radical (unpaired) electrons. The molecule has 0 aromatic rings. The highest BCUT2D eigenvalue weighted by atomic mass is 32.2. The Morgan fingerprint density at radius 2 is 2.00 bits per heavy atom. The SMILES string of the molecule is CC(CO)S(=O)(=O)NCCCN(C)C. The van der Waals surface area contributed by atoms with Crippen LogP contribution in [0.1, 0.15) is 13.3 Å². The number of hydrogen-bond donors (Lipinski definition) is 2. The lowest BCUT2D eigenvalue weighted by molar-refractivity contribution is 0.294. The molecule has 0 amide bonds. The normalized spacial score (nSPS) is 14.6. The first kappa shape index (κ1) is 13.8. The van der Waals surface area contributed by atoms with Crippen molar-refractivity contribution in [1.82, 2.24) is 9.62 Å². The number of aliphatic hydroxyl groups is 1. The standard InChI is InChI=1S/C8H20N2O3S/c1-8(7-11)14(12,13)9-5-4-6-10(2)3/h8-9,11H,4-7H2,1-3H3. The van der Waals surface area contributed by atoms with Crippen LogP contribution in [0.5, 0.6) is 0 Å². The summed E-state index contributed by atoms with van der Waals surface area (Å²) >= 11 is 0. The van der Waals surface area contributed by atoms with E-state index in [0.29, 0.717) is 6.54 Å². The molecule has 6 heteroatoms. The third-order valence-corrected chi connectivity index (χ3v) is 3.69. The summed E-state index contributed by atoms with van der Waals surface area (Å²) in [5, 5.41) is 7.95. The van der Waals surface area contributed by atoms with Gasteiger partial charge in [-0.05, 0) is 34.0 Å². The third-order valence-electron chi connectivity index (χ3n) is 1.87. The fourth-order valence-corrected chi connectivity index (χ4v) is 1.76. The summed E-state index contributed by atoms with van der Waals surface area (Å²) in [6.07, 6.45) is 0.768. The molecule has 1 unspecified atom stereocenters. The predicted molar refractivity (Wildman–Crippen MR) is 56.6 cm³/mol. The number of rotatable bonds is 7. The molecule has 0 rings (SSSR count). The molecule has 14 heavy (non-hydrogen) atoms. The van der Waals surface area contributed by atoms with Crippen LogP contribution in [-0.2, 0) is 10.0 Å². The van der Waals surface area contributed by atoms with Gasteiger partial charge in [0, 0.05) is 6.54 Å².